The van der Waals surface area contributed by atoms with Crippen molar-refractivity contribution in [2.45, 2.75) is 45.6 Å². The van der Waals surface area contributed by atoms with Crippen molar-refractivity contribution >= 4 is 11.6 Å². The molecule has 1 fully saturated rings. The zero-order chi connectivity index (χ0) is 13.7. The van der Waals surface area contributed by atoms with Gasteiger partial charge in [-0.2, -0.15) is 0 Å². The normalized spacial score (nSPS) is 15.6. The summed E-state index contributed by atoms with van der Waals surface area (Å²) in [5.74, 6) is 0.0979. The van der Waals surface area contributed by atoms with Crippen molar-refractivity contribution in [2.24, 2.45) is 0 Å². The van der Waals surface area contributed by atoms with Crippen molar-refractivity contribution in [3.05, 3.63) is 29.8 Å². The fourth-order valence-corrected chi connectivity index (χ4v) is 2.54. The van der Waals surface area contributed by atoms with Gasteiger partial charge in [0.25, 0.3) is 0 Å². The van der Waals surface area contributed by atoms with Gasteiger partial charge in [-0.15, -0.1) is 0 Å². The average Bonchev–Trinajstić information content (AvgIpc) is 2.39. The molecular formula is C16H24N2O. The minimum Gasteiger partial charge on any atom is -0.372 e. The SMILES string of the molecule is CC(C)NC(=O)Cc1ccc(N2CCCCC2)cc1. The number of benzene rings is 1. The van der Waals surface area contributed by atoms with E-state index in [9.17, 15) is 4.79 Å². The number of nitrogens with zero attached hydrogens (tertiary/aromatic N) is 1. The summed E-state index contributed by atoms with van der Waals surface area (Å²) >= 11 is 0. The molecule has 1 heterocycles. The number of carbonyl (C=O) groups excluding carboxylic acids is 1. The quantitative estimate of drug-likeness (QED) is 0.903. The van der Waals surface area contributed by atoms with E-state index < -0.39 is 0 Å². The minimum atomic E-state index is 0.0979. The summed E-state index contributed by atoms with van der Waals surface area (Å²) in [4.78, 5) is 14.1. The molecule has 2 rings (SSSR count). The molecule has 0 unspecified atom stereocenters. The lowest BCUT2D eigenvalue weighted by Crippen LogP contribution is -2.31. The molecule has 1 aliphatic heterocycles. The molecule has 1 saturated heterocycles. The second kappa shape index (κ2) is 6.60. The van der Waals surface area contributed by atoms with Gasteiger partial charge in [0.2, 0.25) is 5.91 Å². The van der Waals surface area contributed by atoms with Crippen molar-refractivity contribution in [1.82, 2.24) is 5.32 Å². The zero-order valence-corrected chi connectivity index (χ0v) is 12.0. The summed E-state index contributed by atoms with van der Waals surface area (Å²) in [5, 5.41) is 2.92. The summed E-state index contributed by atoms with van der Waals surface area (Å²) < 4.78 is 0. The van der Waals surface area contributed by atoms with E-state index in [1.807, 2.05) is 13.8 Å². The van der Waals surface area contributed by atoms with Crippen LogP contribution in [0.25, 0.3) is 0 Å². The van der Waals surface area contributed by atoms with Gasteiger partial charge in [-0.1, -0.05) is 12.1 Å². The van der Waals surface area contributed by atoms with Crippen molar-refractivity contribution in [3.8, 4) is 0 Å². The van der Waals surface area contributed by atoms with E-state index in [0.29, 0.717) is 6.42 Å². The van der Waals surface area contributed by atoms with Crippen molar-refractivity contribution in [1.29, 1.82) is 0 Å². The highest BCUT2D eigenvalue weighted by molar-refractivity contribution is 5.78. The number of hydrogen-bond donors (Lipinski definition) is 1. The monoisotopic (exact) mass is 260 g/mol. The Morgan fingerprint density at radius 2 is 1.79 bits per heavy atom. The molecule has 0 aromatic heterocycles. The number of hydrogen-bond acceptors (Lipinski definition) is 2. The first-order valence-corrected chi connectivity index (χ1v) is 7.28. The van der Waals surface area contributed by atoms with Gasteiger partial charge in [0.05, 0.1) is 6.42 Å². The van der Waals surface area contributed by atoms with E-state index >= 15 is 0 Å². The van der Waals surface area contributed by atoms with Gasteiger partial charge in [0.15, 0.2) is 0 Å². The number of anilines is 1. The molecule has 0 saturated carbocycles. The van der Waals surface area contributed by atoms with Crippen LogP contribution in [0.1, 0.15) is 38.7 Å². The second-order valence-electron chi connectivity index (χ2n) is 5.61. The minimum absolute atomic E-state index is 0.0979. The molecule has 1 aliphatic rings. The zero-order valence-electron chi connectivity index (χ0n) is 12.0. The Bertz CT molecular complexity index is 405. The predicted octanol–water partition coefficient (Wildman–Crippen LogP) is 2.74. The van der Waals surface area contributed by atoms with Crippen molar-refractivity contribution < 1.29 is 4.79 Å². The van der Waals surface area contributed by atoms with Crippen LogP contribution in [-0.4, -0.2) is 25.0 Å². The van der Waals surface area contributed by atoms with Crippen LogP contribution in [0.15, 0.2) is 24.3 Å². The maximum absolute atomic E-state index is 11.7. The molecule has 3 nitrogen and oxygen atoms in total. The third-order valence-corrected chi connectivity index (χ3v) is 3.47. The molecule has 1 amide bonds. The molecule has 1 aromatic rings. The van der Waals surface area contributed by atoms with Gasteiger partial charge in [-0.25, -0.2) is 0 Å². The first-order valence-electron chi connectivity index (χ1n) is 7.28. The molecule has 3 heteroatoms. The van der Waals surface area contributed by atoms with Crippen LogP contribution in [0.3, 0.4) is 0 Å². The number of piperidine rings is 1. The van der Waals surface area contributed by atoms with Crippen LogP contribution in [-0.2, 0) is 11.2 Å². The summed E-state index contributed by atoms with van der Waals surface area (Å²) in [6, 6.07) is 8.64. The predicted molar refractivity (Wildman–Crippen MR) is 79.5 cm³/mol. The molecule has 0 spiro atoms. The molecule has 0 bridgehead atoms. The topological polar surface area (TPSA) is 32.3 Å². The first-order chi connectivity index (χ1) is 9.15. The Labute approximate surface area is 116 Å². The van der Waals surface area contributed by atoms with Gasteiger partial charge in [0.1, 0.15) is 0 Å². The molecular weight excluding hydrogens is 236 g/mol. The summed E-state index contributed by atoms with van der Waals surface area (Å²) in [6.45, 7) is 6.29. The second-order valence-corrected chi connectivity index (χ2v) is 5.61. The number of nitrogens with one attached hydrogen (secondary N) is 1. The van der Waals surface area contributed by atoms with E-state index in [0.717, 1.165) is 18.7 Å². The van der Waals surface area contributed by atoms with Gasteiger partial charge in [-0.3, -0.25) is 4.79 Å². The van der Waals surface area contributed by atoms with E-state index in [4.69, 9.17) is 0 Å². The maximum atomic E-state index is 11.7. The fourth-order valence-electron chi connectivity index (χ4n) is 2.54. The number of carbonyl (C=O) groups is 1. The summed E-state index contributed by atoms with van der Waals surface area (Å²) in [6.07, 6.45) is 4.40. The van der Waals surface area contributed by atoms with Crippen LogP contribution in [0.4, 0.5) is 5.69 Å². The van der Waals surface area contributed by atoms with Gasteiger partial charge < -0.3 is 10.2 Å². The van der Waals surface area contributed by atoms with Crippen molar-refractivity contribution in [2.75, 3.05) is 18.0 Å². The lowest BCUT2D eigenvalue weighted by molar-refractivity contribution is -0.120. The van der Waals surface area contributed by atoms with Crippen LogP contribution in [0.2, 0.25) is 0 Å². The molecule has 1 N–H and O–H groups in total. The Kier molecular flexibility index (Phi) is 4.83. The molecule has 104 valence electrons. The maximum Gasteiger partial charge on any atom is 0.224 e. The number of rotatable bonds is 4. The third kappa shape index (κ3) is 4.27. The summed E-state index contributed by atoms with van der Waals surface area (Å²) in [7, 11) is 0. The Morgan fingerprint density at radius 1 is 1.16 bits per heavy atom. The van der Waals surface area contributed by atoms with E-state index in [-0.39, 0.29) is 11.9 Å². The van der Waals surface area contributed by atoms with Gasteiger partial charge in [-0.05, 0) is 50.8 Å². The van der Waals surface area contributed by atoms with Crippen LogP contribution in [0.5, 0.6) is 0 Å². The highest BCUT2D eigenvalue weighted by Crippen LogP contribution is 2.20. The van der Waals surface area contributed by atoms with E-state index in [1.54, 1.807) is 0 Å². The van der Waals surface area contributed by atoms with Crippen molar-refractivity contribution in [3.63, 3.8) is 0 Å². The highest BCUT2D eigenvalue weighted by Gasteiger charge is 2.11. The van der Waals surface area contributed by atoms with E-state index in [1.165, 1.54) is 24.9 Å². The lowest BCUT2D eigenvalue weighted by Gasteiger charge is -2.28. The average molecular weight is 260 g/mol. The largest absolute Gasteiger partial charge is 0.372 e. The first kappa shape index (κ1) is 13.9. The van der Waals surface area contributed by atoms with Crippen LogP contribution >= 0.6 is 0 Å². The fraction of sp³-hybridized carbons (Fsp3) is 0.562. The Hall–Kier alpha value is -1.51. The molecule has 0 radical (unpaired) electrons. The summed E-state index contributed by atoms with van der Waals surface area (Å²) in [5.41, 5.74) is 2.37. The number of amides is 1. The van der Waals surface area contributed by atoms with Crippen LogP contribution < -0.4 is 10.2 Å². The standard InChI is InChI=1S/C16H24N2O/c1-13(2)17-16(19)12-14-6-8-15(9-7-14)18-10-4-3-5-11-18/h6-9,13H,3-5,10-12H2,1-2H3,(H,17,19). The van der Waals surface area contributed by atoms with Gasteiger partial charge in [0, 0.05) is 24.8 Å². The third-order valence-electron chi connectivity index (χ3n) is 3.47. The molecule has 0 aliphatic carbocycles. The molecule has 0 atom stereocenters. The van der Waals surface area contributed by atoms with E-state index in [2.05, 4.69) is 34.5 Å². The smallest absolute Gasteiger partial charge is 0.224 e. The molecule has 1 aromatic carbocycles. The molecule has 19 heavy (non-hydrogen) atoms. The lowest BCUT2D eigenvalue weighted by atomic mass is 10.1. The highest BCUT2D eigenvalue weighted by atomic mass is 16.1. The Balaban J connectivity index is 1.92. The van der Waals surface area contributed by atoms with Crippen LogP contribution in [0, 0.1) is 0 Å². The van der Waals surface area contributed by atoms with Gasteiger partial charge >= 0.3 is 0 Å². The Morgan fingerprint density at radius 3 is 2.37 bits per heavy atom.